The number of benzene rings is 3. The first-order valence-electron chi connectivity index (χ1n) is 12.0. The summed E-state index contributed by atoms with van der Waals surface area (Å²) in [5, 5.41) is 7.82. The molecule has 0 aliphatic heterocycles. The molecule has 2 aromatic heterocycles. The molecule has 5 rings (SSSR count). The highest BCUT2D eigenvalue weighted by Gasteiger charge is 2.18. The maximum Gasteiger partial charge on any atom is 0.264 e. The van der Waals surface area contributed by atoms with E-state index in [4.69, 9.17) is 0 Å². The Morgan fingerprint density at radius 2 is 1.47 bits per heavy atom. The average Bonchev–Trinajstić information content (AvgIpc) is 3.34. The predicted octanol–water partition coefficient (Wildman–Crippen LogP) is 3.98. The van der Waals surface area contributed by atoms with Gasteiger partial charge in [-0.1, -0.05) is 91.0 Å². The van der Waals surface area contributed by atoms with Crippen LogP contribution in [0.2, 0.25) is 0 Å². The second kappa shape index (κ2) is 10.8. The second-order valence-electron chi connectivity index (χ2n) is 8.70. The summed E-state index contributed by atoms with van der Waals surface area (Å²) in [6, 6.07) is 29.9. The molecule has 5 aromatic rings. The molecule has 2 heterocycles. The smallest absolute Gasteiger partial charge is 0.264 e. The van der Waals surface area contributed by atoms with Crippen LogP contribution in [0.25, 0.3) is 11.0 Å². The number of hydrogen-bond acceptors (Lipinski definition) is 4. The third kappa shape index (κ3) is 5.25. The Morgan fingerprint density at radius 3 is 2.11 bits per heavy atom. The molecule has 0 bridgehead atoms. The molecule has 0 aliphatic carbocycles. The van der Waals surface area contributed by atoms with Crippen molar-refractivity contribution < 1.29 is 4.79 Å². The lowest BCUT2D eigenvalue weighted by Crippen LogP contribution is -2.29. The van der Waals surface area contributed by atoms with Crippen LogP contribution in [0, 0.1) is 0 Å². The highest BCUT2D eigenvalue weighted by molar-refractivity contribution is 5.77. The number of rotatable bonds is 9. The molecule has 0 atom stereocenters. The highest BCUT2D eigenvalue weighted by Crippen LogP contribution is 2.27. The number of aromatic nitrogens is 4. The number of nitrogens with one attached hydrogen (secondary N) is 1. The van der Waals surface area contributed by atoms with Gasteiger partial charge in [0.25, 0.3) is 5.56 Å². The number of hydrogen-bond donors (Lipinski definition) is 1. The summed E-state index contributed by atoms with van der Waals surface area (Å²) in [4.78, 5) is 30.2. The lowest BCUT2D eigenvalue weighted by molar-refractivity contribution is -0.121. The molecule has 7 heteroatoms. The van der Waals surface area contributed by atoms with Crippen molar-refractivity contribution >= 4 is 16.9 Å². The van der Waals surface area contributed by atoms with Crippen molar-refractivity contribution in [3.05, 3.63) is 131 Å². The molecule has 0 fully saturated rings. The standard InChI is InChI=1S/C29H27N5O2/c35-27(18-25(23-12-6-2-7-13-23)24-14-8-3-9-15-24)30-16-17-34-28-26(19-32-34)29(36)33(21-31-28)20-22-10-4-1-5-11-22/h1-15,19,21,25H,16-18,20H2,(H,30,35). The summed E-state index contributed by atoms with van der Waals surface area (Å²) in [7, 11) is 0. The van der Waals surface area contributed by atoms with E-state index in [1.165, 1.54) is 0 Å². The maximum atomic E-state index is 12.9. The van der Waals surface area contributed by atoms with Crippen molar-refractivity contribution in [2.24, 2.45) is 0 Å². The fourth-order valence-electron chi connectivity index (χ4n) is 4.41. The third-order valence-electron chi connectivity index (χ3n) is 6.26. The Bertz CT molecular complexity index is 1460. The molecule has 0 unspecified atom stereocenters. The lowest BCUT2D eigenvalue weighted by Gasteiger charge is -2.18. The summed E-state index contributed by atoms with van der Waals surface area (Å²) in [5.41, 5.74) is 3.62. The maximum absolute atomic E-state index is 12.9. The zero-order valence-corrected chi connectivity index (χ0v) is 19.8. The molecule has 0 saturated heterocycles. The minimum absolute atomic E-state index is 0.0253. The van der Waals surface area contributed by atoms with E-state index in [-0.39, 0.29) is 17.4 Å². The van der Waals surface area contributed by atoms with Gasteiger partial charge in [0.2, 0.25) is 5.91 Å². The largest absolute Gasteiger partial charge is 0.354 e. The first-order chi connectivity index (χ1) is 17.7. The average molecular weight is 478 g/mol. The molecule has 3 aromatic carbocycles. The molecular weight excluding hydrogens is 450 g/mol. The Labute approximate surface area is 209 Å². The van der Waals surface area contributed by atoms with Crippen LogP contribution in [0.3, 0.4) is 0 Å². The van der Waals surface area contributed by atoms with Crippen LogP contribution in [-0.4, -0.2) is 31.8 Å². The van der Waals surface area contributed by atoms with Gasteiger partial charge in [0.1, 0.15) is 11.7 Å². The van der Waals surface area contributed by atoms with Crippen LogP contribution in [0.5, 0.6) is 0 Å². The third-order valence-corrected chi connectivity index (χ3v) is 6.26. The molecule has 1 N–H and O–H groups in total. The lowest BCUT2D eigenvalue weighted by atomic mass is 9.88. The Morgan fingerprint density at radius 1 is 0.861 bits per heavy atom. The Hall–Kier alpha value is -4.52. The fraction of sp³-hybridized carbons (Fsp3) is 0.172. The SMILES string of the molecule is O=C(CC(c1ccccc1)c1ccccc1)NCCn1ncc2c(=O)n(Cc3ccccc3)cnc21. The van der Waals surface area contributed by atoms with Gasteiger partial charge in [-0.2, -0.15) is 5.10 Å². The van der Waals surface area contributed by atoms with Crippen LogP contribution < -0.4 is 10.9 Å². The molecule has 0 spiro atoms. The van der Waals surface area contributed by atoms with E-state index in [0.29, 0.717) is 37.1 Å². The number of carbonyl (C=O) groups excluding carboxylic acids is 1. The highest BCUT2D eigenvalue weighted by atomic mass is 16.1. The monoisotopic (exact) mass is 477 g/mol. The molecule has 1 amide bonds. The van der Waals surface area contributed by atoms with Crippen LogP contribution in [0.15, 0.2) is 108 Å². The van der Waals surface area contributed by atoms with Gasteiger partial charge in [-0.05, 0) is 16.7 Å². The number of fused-ring (bicyclic) bond motifs is 1. The van der Waals surface area contributed by atoms with Crippen molar-refractivity contribution in [1.29, 1.82) is 0 Å². The Balaban J connectivity index is 1.24. The van der Waals surface area contributed by atoms with E-state index < -0.39 is 0 Å². The first-order valence-corrected chi connectivity index (χ1v) is 12.0. The summed E-state index contributed by atoms with van der Waals surface area (Å²) >= 11 is 0. The van der Waals surface area contributed by atoms with Crippen molar-refractivity contribution in [2.75, 3.05) is 6.54 Å². The number of nitrogens with zero attached hydrogens (tertiary/aromatic N) is 4. The summed E-state index contributed by atoms with van der Waals surface area (Å²) in [6.07, 6.45) is 3.45. The van der Waals surface area contributed by atoms with E-state index in [1.54, 1.807) is 21.8 Å². The summed E-state index contributed by atoms with van der Waals surface area (Å²) in [6.45, 7) is 1.26. The van der Waals surface area contributed by atoms with Crippen molar-refractivity contribution in [2.45, 2.75) is 25.4 Å². The zero-order chi connectivity index (χ0) is 24.7. The van der Waals surface area contributed by atoms with Gasteiger partial charge in [-0.25, -0.2) is 9.67 Å². The summed E-state index contributed by atoms with van der Waals surface area (Å²) < 4.78 is 3.24. The van der Waals surface area contributed by atoms with Gasteiger partial charge in [0, 0.05) is 18.9 Å². The van der Waals surface area contributed by atoms with Crippen molar-refractivity contribution in [3.63, 3.8) is 0 Å². The number of carbonyl (C=O) groups is 1. The fourth-order valence-corrected chi connectivity index (χ4v) is 4.41. The van der Waals surface area contributed by atoms with Gasteiger partial charge in [-0.3, -0.25) is 14.2 Å². The van der Waals surface area contributed by atoms with Crippen LogP contribution in [0.1, 0.15) is 29.0 Å². The minimum Gasteiger partial charge on any atom is -0.354 e. The molecule has 0 aliphatic rings. The Kier molecular flexibility index (Phi) is 6.98. The molecule has 36 heavy (non-hydrogen) atoms. The van der Waals surface area contributed by atoms with E-state index in [1.807, 2.05) is 66.7 Å². The predicted molar refractivity (Wildman–Crippen MR) is 140 cm³/mol. The van der Waals surface area contributed by atoms with Gasteiger partial charge in [-0.15, -0.1) is 0 Å². The van der Waals surface area contributed by atoms with Gasteiger partial charge in [0.15, 0.2) is 5.65 Å². The van der Waals surface area contributed by atoms with Gasteiger partial charge in [0.05, 0.1) is 19.3 Å². The van der Waals surface area contributed by atoms with Crippen LogP contribution in [0.4, 0.5) is 0 Å². The minimum atomic E-state index is -0.132. The zero-order valence-electron chi connectivity index (χ0n) is 19.8. The molecular formula is C29H27N5O2. The van der Waals surface area contributed by atoms with E-state index >= 15 is 0 Å². The quantitative estimate of drug-likeness (QED) is 0.348. The molecule has 0 radical (unpaired) electrons. The molecule has 180 valence electrons. The first kappa shape index (κ1) is 23.2. The van der Waals surface area contributed by atoms with Gasteiger partial charge >= 0.3 is 0 Å². The second-order valence-corrected chi connectivity index (χ2v) is 8.70. The van der Waals surface area contributed by atoms with Crippen molar-refractivity contribution in [3.8, 4) is 0 Å². The van der Waals surface area contributed by atoms with Crippen molar-refractivity contribution in [1.82, 2.24) is 24.6 Å². The topological polar surface area (TPSA) is 81.8 Å². The molecule has 0 saturated carbocycles. The van der Waals surface area contributed by atoms with Gasteiger partial charge < -0.3 is 5.32 Å². The van der Waals surface area contributed by atoms with E-state index in [9.17, 15) is 9.59 Å². The number of amides is 1. The van der Waals surface area contributed by atoms with E-state index in [2.05, 4.69) is 39.7 Å². The van der Waals surface area contributed by atoms with Crippen LogP contribution >= 0.6 is 0 Å². The van der Waals surface area contributed by atoms with E-state index in [0.717, 1.165) is 16.7 Å². The normalized spacial score (nSPS) is 11.1. The molecule has 7 nitrogen and oxygen atoms in total. The summed E-state index contributed by atoms with van der Waals surface area (Å²) in [5.74, 6) is -0.0648. The van der Waals surface area contributed by atoms with Crippen LogP contribution in [-0.2, 0) is 17.9 Å².